The van der Waals surface area contributed by atoms with Crippen molar-refractivity contribution in [3.05, 3.63) is 41.3 Å². The molecule has 0 unspecified atom stereocenters. The van der Waals surface area contributed by atoms with Gasteiger partial charge in [-0.3, -0.25) is 19.3 Å². The molecule has 0 bridgehead atoms. The SMILES string of the molecule is CC(=O)N(C(C)=O)c1c(Cl)ncnc1N(C(C)=O)c1ccc(C#N)cc1. The van der Waals surface area contributed by atoms with Crippen LogP contribution >= 0.6 is 11.6 Å². The Labute approximate surface area is 154 Å². The number of carbonyl (C=O) groups is 3. The van der Waals surface area contributed by atoms with E-state index < -0.39 is 17.7 Å². The van der Waals surface area contributed by atoms with Crippen molar-refractivity contribution in [3.8, 4) is 6.07 Å². The van der Waals surface area contributed by atoms with E-state index in [4.69, 9.17) is 16.9 Å². The summed E-state index contributed by atoms with van der Waals surface area (Å²) in [5.74, 6) is -1.65. The highest BCUT2D eigenvalue weighted by atomic mass is 35.5. The van der Waals surface area contributed by atoms with Crippen LogP contribution in [0.1, 0.15) is 26.3 Å². The lowest BCUT2D eigenvalue weighted by Crippen LogP contribution is -2.36. The summed E-state index contributed by atoms with van der Waals surface area (Å²) in [6.07, 6.45) is 1.12. The van der Waals surface area contributed by atoms with Gasteiger partial charge >= 0.3 is 0 Å². The molecule has 26 heavy (non-hydrogen) atoms. The molecule has 0 aliphatic carbocycles. The highest BCUT2D eigenvalue weighted by molar-refractivity contribution is 6.35. The number of amides is 3. The Morgan fingerprint density at radius 2 is 1.58 bits per heavy atom. The van der Waals surface area contributed by atoms with Crippen LogP contribution in [0.25, 0.3) is 0 Å². The second-order valence-electron chi connectivity index (χ2n) is 5.22. The smallest absolute Gasteiger partial charge is 0.230 e. The summed E-state index contributed by atoms with van der Waals surface area (Å²) in [6.45, 7) is 3.67. The lowest BCUT2D eigenvalue weighted by molar-refractivity contribution is -0.124. The molecule has 0 atom stereocenters. The van der Waals surface area contributed by atoms with Crippen LogP contribution in [-0.4, -0.2) is 27.7 Å². The number of nitriles is 1. The lowest BCUT2D eigenvalue weighted by atomic mass is 10.2. The second kappa shape index (κ2) is 7.72. The number of hydrogen-bond acceptors (Lipinski definition) is 6. The Kier molecular flexibility index (Phi) is 5.64. The molecule has 132 valence electrons. The number of anilines is 3. The van der Waals surface area contributed by atoms with Gasteiger partial charge in [0, 0.05) is 20.8 Å². The highest BCUT2D eigenvalue weighted by Crippen LogP contribution is 2.37. The van der Waals surface area contributed by atoms with Gasteiger partial charge in [0.05, 0.1) is 17.3 Å². The molecule has 0 fully saturated rings. The Balaban J connectivity index is 2.72. The van der Waals surface area contributed by atoms with Gasteiger partial charge in [-0.1, -0.05) is 11.6 Å². The molecular weight excluding hydrogens is 358 g/mol. The standard InChI is InChI=1S/C17H14ClN5O3/c1-10(24)22(11(2)25)15-16(18)20-9-21-17(15)23(12(3)26)14-6-4-13(8-19)5-7-14/h4-7,9H,1-3H3. The Morgan fingerprint density at radius 1 is 1.00 bits per heavy atom. The number of imide groups is 1. The first-order chi connectivity index (χ1) is 12.3. The summed E-state index contributed by atoms with van der Waals surface area (Å²) in [5.41, 5.74) is 0.709. The minimum atomic E-state index is -0.598. The third-order valence-corrected chi connectivity index (χ3v) is 3.67. The molecule has 2 rings (SSSR count). The third-order valence-electron chi connectivity index (χ3n) is 3.39. The molecule has 1 aromatic heterocycles. The number of nitrogens with zero attached hydrogens (tertiary/aromatic N) is 5. The van der Waals surface area contributed by atoms with Crippen LogP contribution in [0.2, 0.25) is 5.15 Å². The number of carbonyl (C=O) groups excluding carboxylic acids is 3. The van der Waals surface area contributed by atoms with Crippen molar-refractivity contribution in [3.63, 3.8) is 0 Å². The third kappa shape index (κ3) is 3.68. The summed E-state index contributed by atoms with van der Waals surface area (Å²) in [6, 6.07) is 8.14. The maximum atomic E-state index is 12.3. The average molecular weight is 372 g/mol. The molecule has 0 aliphatic rings. The molecule has 0 aliphatic heterocycles. The van der Waals surface area contributed by atoms with Gasteiger partial charge in [0.25, 0.3) is 0 Å². The van der Waals surface area contributed by atoms with Gasteiger partial charge in [-0.05, 0) is 24.3 Å². The number of halogens is 1. The fraction of sp³-hybridized carbons (Fsp3) is 0.176. The van der Waals surface area contributed by atoms with Crippen molar-refractivity contribution in [2.45, 2.75) is 20.8 Å². The largest absolute Gasteiger partial charge is 0.274 e. The van der Waals surface area contributed by atoms with Crippen LogP contribution in [0.3, 0.4) is 0 Å². The predicted molar refractivity (Wildman–Crippen MR) is 94.9 cm³/mol. The number of hydrogen-bond donors (Lipinski definition) is 0. The average Bonchev–Trinajstić information content (AvgIpc) is 2.57. The van der Waals surface area contributed by atoms with Crippen LogP contribution in [0.5, 0.6) is 0 Å². The first kappa shape index (κ1) is 19.0. The van der Waals surface area contributed by atoms with Gasteiger partial charge in [-0.2, -0.15) is 5.26 Å². The minimum Gasteiger partial charge on any atom is -0.274 e. The van der Waals surface area contributed by atoms with Crippen LogP contribution in [0.15, 0.2) is 30.6 Å². The fourth-order valence-electron chi connectivity index (χ4n) is 2.38. The molecule has 0 radical (unpaired) electrons. The number of rotatable bonds is 3. The highest BCUT2D eigenvalue weighted by Gasteiger charge is 2.29. The molecule has 0 spiro atoms. The molecule has 2 aromatic rings. The quantitative estimate of drug-likeness (QED) is 0.767. The molecular formula is C17H14ClN5O3. The fourth-order valence-corrected chi connectivity index (χ4v) is 2.59. The predicted octanol–water partition coefficient (Wildman–Crippen LogP) is 2.59. The van der Waals surface area contributed by atoms with E-state index in [1.807, 2.05) is 6.07 Å². The van der Waals surface area contributed by atoms with E-state index in [9.17, 15) is 14.4 Å². The molecule has 1 heterocycles. The van der Waals surface area contributed by atoms with Gasteiger partial charge < -0.3 is 0 Å². The molecule has 3 amide bonds. The topological polar surface area (TPSA) is 107 Å². The van der Waals surface area contributed by atoms with Crippen LogP contribution < -0.4 is 9.80 Å². The molecule has 9 heteroatoms. The molecule has 0 saturated carbocycles. The Bertz CT molecular complexity index is 907. The van der Waals surface area contributed by atoms with Crippen molar-refractivity contribution >= 4 is 46.5 Å². The Morgan fingerprint density at radius 3 is 2.04 bits per heavy atom. The van der Waals surface area contributed by atoms with Gasteiger partial charge in [0.2, 0.25) is 17.7 Å². The first-order valence-electron chi connectivity index (χ1n) is 7.40. The maximum Gasteiger partial charge on any atom is 0.230 e. The summed E-state index contributed by atoms with van der Waals surface area (Å²) in [5, 5.41) is 8.77. The lowest BCUT2D eigenvalue weighted by Gasteiger charge is -2.26. The molecule has 8 nitrogen and oxygen atoms in total. The molecule has 0 saturated heterocycles. The van der Waals surface area contributed by atoms with Gasteiger partial charge in [-0.25, -0.2) is 14.9 Å². The van der Waals surface area contributed by atoms with Crippen molar-refractivity contribution < 1.29 is 14.4 Å². The first-order valence-corrected chi connectivity index (χ1v) is 7.78. The molecule has 0 N–H and O–H groups in total. The van der Waals surface area contributed by atoms with E-state index in [1.165, 1.54) is 37.8 Å². The summed E-state index contributed by atoms with van der Waals surface area (Å²) in [4.78, 5) is 46.1. The number of benzene rings is 1. The van der Waals surface area contributed by atoms with E-state index in [0.29, 0.717) is 11.3 Å². The van der Waals surface area contributed by atoms with Crippen LogP contribution in [-0.2, 0) is 14.4 Å². The van der Waals surface area contributed by atoms with E-state index >= 15 is 0 Å². The Hall–Kier alpha value is -3.31. The normalized spacial score (nSPS) is 9.96. The number of aromatic nitrogens is 2. The van der Waals surface area contributed by atoms with Crippen LogP contribution in [0, 0.1) is 11.3 Å². The summed E-state index contributed by atoms with van der Waals surface area (Å²) < 4.78 is 0. The van der Waals surface area contributed by atoms with Gasteiger partial charge in [0.1, 0.15) is 12.0 Å². The van der Waals surface area contributed by atoms with E-state index in [-0.39, 0.29) is 16.7 Å². The van der Waals surface area contributed by atoms with Crippen LogP contribution in [0.4, 0.5) is 17.2 Å². The zero-order valence-electron chi connectivity index (χ0n) is 14.2. The van der Waals surface area contributed by atoms with Crippen molar-refractivity contribution in [1.29, 1.82) is 5.26 Å². The zero-order chi connectivity index (χ0) is 19.4. The van der Waals surface area contributed by atoms with Crippen molar-refractivity contribution in [2.75, 3.05) is 9.80 Å². The van der Waals surface area contributed by atoms with Gasteiger partial charge in [-0.15, -0.1) is 0 Å². The zero-order valence-corrected chi connectivity index (χ0v) is 15.0. The van der Waals surface area contributed by atoms with E-state index in [2.05, 4.69) is 9.97 Å². The van der Waals surface area contributed by atoms with Crippen molar-refractivity contribution in [1.82, 2.24) is 9.97 Å². The van der Waals surface area contributed by atoms with Crippen molar-refractivity contribution in [2.24, 2.45) is 0 Å². The second-order valence-corrected chi connectivity index (χ2v) is 5.58. The van der Waals surface area contributed by atoms with E-state index in [1.54, 1.807) is 12.1 Å². The molecule has 1 aromatic carbocycles. The summed E-state index contributed by atoms with van der Waals surface area (Å²) in [7, 11) is 0. The monoisotopic (exact) mass is 371 g/mol. The maximum absolute atomic E-state index is 12.3. The minimum absolute atomic E-state index is 0.0207. The van der Waals surface area contributed by atoms with E-state index in [0.717, 1.165) is 11.2 Å². The summed E-state index contributed by atoms with van der Waals surface area (Å²) >= 11 is 6.12. The van der Waals surface area contributed by atoms with Gasteiger partial charge in [0.15, 0.2) is 11.0 Å².